The summed E-state index contributed by atoms with van der Waals surface area (Å²) < 4.78 is 17.5. The molecule has 0 saturated heterocycles. The van der Waals surface area contributed by atoms with Crippen LogP contribution in [-0.2, 0) is 9.53 Å². The molecule has 2 atom stereocenters. The van der Waals surface area contributed by atoms with Crippen LogP contribution in [0.3, 0.4) is 0 Å². The van der Waals surface area contributed by atoms with Gasteiger partial charge in [-0.05, 0) is 67.8 Å². The van der Waals surface area contributed by atoms with E-state index in [2.05, 4.69) is 71.7 Å². The third-order valence-electron chi connectivity index (χ3n) is 7.30. The highest BCUT2D eigenvalue weighted by atomic mass is 16.6. The number of fused-ring (bicyclic) bond motifs is 2. The second-order valence-electron chi connectivity index (χ2n) is 10.6. The minimum atomic E-state index is -1.11. The predicted octanol–water partition coefficient (Wildman–Crippen LogP) is 6.73. The fourth-order valence-corrected chi connectivity index (χ4v) is 5.12. The van der Waals surface area contributed by atoms with E-state index in [-0.39, 0.29) is 12.1 Å². The van der Waals surface area contributed by atoms with Crippen LogP contribution in [0, 0.1) is 6.92 Å². The monoisotopic (exact) mass is 524 g/mol. The maximum Gasteiger partial charge on any atom is 0.349 e. The lowest BCUT2D eigenvalue weighted by Gasteiger charge is -2.37. The third kappa shape index (κ3) is 5.57. The molecule has 1 aliphatic rings. The average molecular weight is 525 g/mol. The third-order valence-corrected chi connectivity index (χ3v) is 7.30. The lowest BCUT2D eigenvalue weighted by molar-refractivity contribution is -0.156. The number of carbonyl (C=O) groups excluding carboxylic acids is 1. The Hall–Kier alpha value is -4.03. The normalized spacial score (nSPS) is 15.8. The Bertz CT molecular complexity index is 1480. The van der Waals surface area contributed by atoms with E-state index < -0.39 is 11.6 Å². The summed E-state index contributed by atoms with van der Waals surface area (Å²) in [4.78, 5) is 14.5. The van der Waals surface area contributed by atoms with Gasteiger partial charge in [0, 0.05) is 24.3 Å². The Morgan fingerprint density at radius 2 is 1.79 bits per heavy atom. The number of nitrogens with zero attached hydrogens (tertiary/aromatic N) is 1. The van der Waals surface area contributed by atoms with Gasteiger partial charge in [-0.1, -0.05) is 60.7 Å². The molecule has 4 aromatic carbocycles. The number of rotatable bonds is 8. The molecule has 6 nitrogen and oxygen atoms in total. The molecule has 0 fully saturated rings. The summed E-state index contributed by atoms with van der Waals surface area (Å²) in [6, 6.07) is 29.3. The Morgan fingerprint density at radius 3 is 2.62 bits per heavy atom. The largest absolute Gasteiger partial charge is 0.485 e. The lowest BCUT2D eigenvalue weighted by Crippen LogP contribution is -2.44. The second kappa shape index (κ2) is 11.0. The van der Waals surface area contributed by atoms with Crippen molar-refractivity contribution in [2.24, 2.45) is 0 Å². The van der Waals surface area contributed by atoms with E-state index in [0.29, 0.717) is 18.8 Å². The number of nitrogens with one attached hydrogen (secondary N) is 1. The highest BCUT2D eigenvalue weighted by Crippen LogP contribution is 2.40. The van der Waals surface area contributed by atoms with Crippen LogP contribution in [0.15, 0.2) is 84.9 Å². The molecule has 0 amide bonds. The first-order valence-corrected chi connectivity index (χ1v) is 13.4. The first-order valence-electron chi connectivity index (χ1n) is 13.4. The lowest BCUT2D eigenvalue weighted by atomic mass is 9.99. The fourth-order valence-electron chi connectivity index (χ4n) is 5.12. The number of hydrogen-bond donors (Lipinski definition) is 1. The van der Waals surface area contributed by atoms with Crippen LogP contribution in [-0.4, -0.2) is 37.9 Å². The number of anilines is 2. The molecule has 0 aliphatic carbocycles. The number of ether oxygens (including phenoxy) is 3. The summed E-state index contributed by atoms with van der Waals surface area (Å²) in [6.07, 6.45) is -0.0745. The zero-order valence-electron chi connectivity index (χ0n) is 23.2. The number of aryl methyl sites for hydroxylation is 1. The Balaban J connectivity index is 1.38. The molecule has 0 bridgehead atoms. The Morgan fingerprint density at radius 1 is 1.05 bits per heavy atom. The first-order chi connectivity index (χ1) is 18.8. The van der Waals surface area contributed by atoms with Crippen LogP contribution in [0.4, 0.5) is 11.4 Å². The molecule has 1 aliphatic heterocycles. The quantitative estimate of drug-likeness (QED) is 0.258. The SMILES string of the molecule is COC(=O)C(C)(C)Oc1cc(N2CC(CN[C@H](C)c3cccc4ccccc34)Oc3ccccc32)ccc1C. The Kier molecular flexibility index (Phi) is 7.49. The van der Waals surface area contributed by atoms with Crippen molar-refractivity contribution in [1.29, 1.82) is 0 Å². The van der Waals surface area contributed by atoms with Crippen LogP contribution < -0.4 is 19.7 Å². The maximum atomic E-state index is 12.3. The molecule has 4 aromatic rings. The molecule has 0 spiro atoms. The zero-order chi connectivity index (χ0) is 27.6. The summed E-state index contributed by atoms with van der Waals surface area (Å²) in [7, 11) is 1.37. The van der Waals surface area contributed by atoms with Gasteiger partial charge in [0.15, 0.2) is 5.60 Å². The zero-order valence-corrected chi connectivity index (χ0v) is 23.2. The highest BCUT2D eigenvalue weighted by Gasteiger charge is 2.32. The number of para-hydroxylation sites is 2. The Labute approximate surface area is 230 Å². The summed E-state index contributed by atoms with van der Waals surface area (Å²) in [6.45, 7) is 8.95. The molecule has 0 aromatic heterocycles. The molecule has 0 radical (unpaired) electrons. The molecule has 1 unspecified atom stereocenters. The van der Waals surface area contributed by atoms with Gasteiger partial charge in [-0.3, -0.25) is 0 Å². The molecule has 6 heteroatoms. The minimum Gasteiger partial charge on any atom is -0.485 e. The molecule has 1 heterocycles. The number of hydrogen-bond acceptors (Lipinski definition) is 6. The summed E-state index contributed by atoms with van der Waals surface area (Å²) >= 11 is 0. The van der Waals surface area contributed by atoms with Gasteiger partial charge in [-0.15, -0.1) is 0 Å². The molecule has 39 heavy (non-hydrogen) atoms. The molecule has 5 rings (SSSR count). The summed E-state index contributed by atoms with van der Waals surface area (Å²) in [5, 5.41) is 6.21. The topological polar surface area (TPSA) is 60.0 Å². The molecular weight excluding hydrogens is 488 g/mol. The average Bonchev–Trinajstić information content (AvgIpc) is 2.95. The van der Waals surface area contributed by atoms with E-state index in [4.69, 9.17) is 14.2 Å². The van der Waals surface area contributed by atoms with E-state index in [9.17, 15) is 4.79 Å². The van der Waals surface area contributed by atoms with Crippen molar-refractivity contribution >= 4 is 28.1 Å². The molecular formula is C33H36N2O4. The van der Waals surface area contributed by atoms with Crippen molar-refractivity contribution in [3.63, 3.8) is 0 Å². The number of methoxy groups -OCH3 is 1. The van der Waals surface area contributed by atoms with E-state index in [1.165, 1.54) is 23.4 Å². The molecule has 202 valence electrons. The van der Waals surface area contributed by atoms with Crippen LogP contribution in [0.5, 0.6) is 11.5 Å². The first kappa shape index (κ1) is 26.6. The van der Waals surface area contributed by atoms with Crippen LogP contribution in [0.25, 0.3) is 10.8 Å². The smallest absolute Gasteiger partial charge is 0.349 e. The van der Waals surface area contributed by atoms with Gasteiger partial charge in [0.25, 0.3) is 0 Å². The second-order valence-corrected chi connectivity index (χ2v) is 10.6. The van der Waals surface area contributed by atoms with Crippen molar-refractivity contribution in [3.05, 3.63) is 96.1 Å². The van der Waals surface area contributed by atoms with Crippen molar-refractivity contribution in [3.8, 4) is 11.5 Å². The fraction of sp³-hybridized carbons (Fsp3) is 0.303. The van der Waals surface area contributed by atoms with Crippen molar-refractivity contribution in [2.75, 3.05) is 25.1 Å². The van der Waals surface area contributed by atoms with Gasteiger partial charge >= 0.3 is 5.97 Å². The van der Waals surface area contributed by atoms with Gasteiger partial charge in [-0.2, -0.15) is 0 Å². The van der Waals surface area contributed by atoms with Crippen molar-refractivity contribution < 1.29 is 19.0 Å². The van der Waals surface area contributed by atoms with Crippen LogP contribution in [0.1, 0.15) is 37.9 Å². The van der Waals surface area contributed by atoms with Crippen LogP contribution >= 0.6 is 0 Å². The van der Waals surface area contributed by atoms with E-state index in [1.54, 1.807) is 13.8 Å². The van der Waals surface area contributed by atoms with E-state index in [1.807, 2.05) is 37.3 Å². The number of carbonyl (C=O) groups is 1. The van der Waals surface area contributed by atoms with Gasteiger partial charge in [-0.25, -0.2) is 4.79 Å². The van der Waals surface area contributed by atoms with Gasteiger partial charge in [0.05, 0.1) is 19.3 Å². The number of esters is 1. The standard InChI is InChI=1S/C33H36N2O4/c1-22-17-18-25(19-31(22)39-33(3,4)32(36)37-5)35-21-26(38-30-16-9-8-15-29(30)35)20-34-23(2)27-14-10-12-24-11-6-7-13-28(24)27/h6-19,23,26,34H,20-21H2,1-5H3/t23-,26?/m1/s1. The van der Waals surface area contributed by atoms with E-state index in [0.717, 1.165) is 22.7 Å². The number of benzene rings is 4. The molecule has 0 saturated carbocycles. The molecule has 1 N–H and O–H groups in total. The predicted molar refractivity (Wildman–Crippen MR) is 156 cm³/mol. The van der Waals surface area contributed by atoms with Gasteiger partial charge in [0.2, 0.25) is 0 Å². The summed E-state index contributed by atoms with van der Waals surface area (Å²) in [5.74, 6) is 1.06. The van der Waals surface area contributed by atoms with Crippen molar-refractivity contribution in [2.45, 2.75) is 45.4 Å². The van der Waals surface area contributed by atoms with Crippen LogP contribution in [0.2, 0.25) is 0 Å². The van der Waals surface area contributed by atoms with Gasteiger partial charge < -0.3 is 24.4 Å². The van der Waals surface area contributed by atoms with E-state index >= 15 is 0 Å². The van der Waals surface area contributed by atoms with Crippen molar-refractivity contribution in [1.82, 2.24) is 5.32 Å². The highest BCUT2D eigenvalue weighted by molar-refractivity contribution is 5.86. The minimum absolute atomic E-state index is 0.0745. The maximum absolute atomic E-state index is 12.3. The summed E-state index contributed by atoms with van der Waals surface area (Å²) in [5.41, 5.74) is 3.08. The van der Waals surface area contributed by atoms with Gasteiger partial charge in [0.1, 0.15) is 17.6 Å².